The molecule has 0 aliphatic carbocycles. The summed E-state index contributed by atoms with van der Waals surface area (Å²) >= 11 is 0. The van der Waals surface area contributed by atoms with Crippen molar-refractivity contribution in [1.29, 1.82) is 0 Å². The number of fused-ring (bicyclic) bond motifs is 1. The highest BCUT2D eigenvalue weighted by atomic mass is 19.1. The molecule has 1 aromatic heterocycles. The highest BCUT2D eigenvalue weighted by Gasteiger charge is 2.38. The number of carboxylic acids is 1. The van der Waals surface area contributed by atoms with E-state index in [4.69, 9.17) is 5.11 Å². The minimum absolute atomic E-state index is 0.0457. The fraction of sp³-hybridized carbons (Fsp3) is 0.450. The predicted octanol–water partition coefficient (Wildman–Crippen LogP) is 2.56. The molecule has 0 bridgehead atoms. The zero-order chi connectivity index (χ0) is 20.3. The Kier molecular flexibility index (Phi) is 5.67. The van der Waals surface area contributed by atoms with Gasteiger partial charge in [0.05, 0.1) is 6.54 Å². The van der Waals surface area contributed by atoms with E-state index in [0.29, 0.717) is 32.2 Å². The van der Waals surface area contributed by atoms with E-state index in [0.717, 1.165) is 16.6 Å². The van der Waals surface area contributed by atoms with Crippen LogP contribution in [0.3, 0.4) is 0 Å². The van der Waals surface area contributed by atoms with E-state index >= 15 is 0 Å². The number of halogens is 1. The van der Waals surface area contributed by atoms with Gasteiger partial charge in [0.15, 0.2) is 0 Å². The van der Waals surface area contributed by atoms with Gasteiger partial charge in [-0.05, 0) is 43.5 Å². The zero-order valence-electron chi connectivity index (χ0n) is 15.8. The summed E-state index contributed by atoms with van der Waals surface area (Å²) in [6.07, 6.45) is 1.80. The fourth-order valence-electron chi connectivity index (χ4n) is 3.75. The van der Waals surface area contributed by atoms with Crippen molar-refractivity contribution < 1.29 is 23.9 Å². The number of aromatic nitrogens is 1. The number of benzene rings is 1. The third-order valence-corrected chi connectivity index (χ3v) is 5.34. The first-order chi connectivity index (χ1) is 13.3. The topological polar surface area (TPSA) is 102 Å². The van der Waals surface area contributed by atoms with Gasteiger partial charge in [0.2, 0.25) is 11.8 Å². The van der Waals surface area contributed by atoms with Gasteiger partial charge < -0.3 is 20.3 Å². The summed E-state index contributed by atoms with van der Waals surface area (Å²) in [5, 5.41) is 12.6. The molecule has 1 aromatic carbocycles. The number of hydrogen-bond acceptors (Lipinski definition) is 3. The Morgan fingerprint density at radius 3 is 2.68 bits per heavy atom. The van der Waals surface area contributed by atoms with Crippen LogP contribution < -0.4 is 5.32 Å². The standard InChI is InChI=1S/C20H24FN3O4/c1-24(12-15-11-13-10-14(21)2-3-16(13)22-15)18(26)5-8-20(9-6-19(27)28)7-4-17(25)23-20/h2-3,10-11,22H,4-9,12H2,1H3,(H,23,25)(H,27,28)/t20-/m0/s1. The first kappa shape index (κ1) is 19.9. The Labute approximate surface area is 161 Å². The quantitative estimate of drug-likeness (QED) is 0.646. The molecule has 2 heterocycles. The van der Waals surface area contributed by atoms with E-state index in [1.807, 2.05) is 6.07 Å². The number of carboxylic acid groups (broad SMARTS) is 1. The maximum atomic E-state index is 13.3. The van der Waals surface area contributed by atoms with Gasteiger partial charge in [0.1, 0.15) is 5.82 Å². The Hall–Kier alpha value is -2.90. The largest absolute Gasteiger partial charge is 0.481 e. The SMILES string of the molecule is CN(Cc1cc2cc(F)ccc2[nH]1)C(=O)CC[C@]1(CCC(=O)O)CCC(=O)N1. The average Bonchev–Trinajstić information content (AvgIpc) is 3.20. The normalized spacial score (nSPS) is 19.0. The molecule has 1 saturated heterocycles. The number of carbonyl (C=O) groups is 3. The summed E-state index contributed by atoms with van der Waals surface area (Å²) in [5.74, 6) is -1.43. The number of carbonyl (C=O) groups excluding carboxylic acids is 2. The number of nitrogens with one attached hydrogen (secondary N) is 2. The highest BCUT2D eigenvalue weighted by Crippen LogP contribution is 2.30. The Morgan fingerprint density at radius 1 is 1.25 bits per heavy atom. The Bertz CT molecular complexity index is 910. The lowest BCUT2D eigenvalue weighted by atomic mass is 9.86. The summed E-state index contributed by atoms with van der Waals surface area (Å²) in [5.41, 5.74) is 0.981. The molecule has 2 aromatic rings. The van der Waals surface area contributed by atoms with Gasteiger partial charge in [0.25, 0.3) is 0 Å². The van der Waals surface area contributed by atoms with Gasteiger partial charge in [-0.25, -0.2) is 4.39 Å². The van der Waals surface area contributed by atoms with Crippen LogP contribution in [0.5, 0.6) is 0 Å². The molecule has 150 valence electrons. The van der Waals surface area contributed by atoms with Crippen LogP contribution in [0.4, 0.5) is 4.39 Å². The first-order valence-electron chi connectivity index (χ1n) is 9.30. The van der Waals surface area contributed by atoms with E-state index in [-0.39, 0.29) is 30.5 Å². The average molecular weight is 389 g/mol. The van der Waals surface area contributed by atoms with Crippen molar-refractivity contribution in [2.75, 3.05) is 7.05 Å². The van der Waals surface area contributed by atoms with Crippen LogP contribution in [0, 0.1) is 5.82 Å². The maximum absolute atomic E-state index is 13.3. The lowest BCUT2D eigenvalue weighted by molar-refractivity contribution is -0.137. The molecular formula is C20H24FN3O4. The third kappa shape index (κ3) is 4.68. The Balaban J connectivity index is 1.59. The number of aliphatic carboxylic acids is 1. The molecular weight excluding hydrogens is 365 g/mol. The van der Waals surface area contributed by atoms with Crippen molar-refractivity contribution in [3.63, 3.8) is 0 Å². The van der Waals surface area contributed by atoms with E-state index in [9.17, 15) is 18.8 Å². The number of nitrogens with zero attached hydrogens (tertiary/aromatic N) is 1. The van der Waals surface area contributed by atoms with Crippen molar-refractivity contribution >= 4 is 28.7 Å². The number of hydrogen-bond donors (Lipinski definition) is 3. The molecule has 0 spiro atoms. The van der Waals surface area contributed by atoms with E-state index in [1.54, 1.807) is 18.0 Å². The van der Waals surface area contributed by atoms with E-state index < -0.39 is 11.5 Å². The smallest absolute Gasteiger partial charge is 0.303 e. The Morgan fingerprint density at radius 2 is 2.00 bits per heavy atom. The molecule has 1 atom stereocenters. The van der Waals surface area contributed by atoms with Crippen LogP contribution in [0.25, 0.3) is 10.9 Å². The van der Waals surface area contributed by atoms with E-state index in [2.05, 4.69) is 10.3 Å². The maximum Gasteiger partial charge on any atom is 0.303 e. The van der Waals surface area contributed by atoms with Crippen LogP contribution in [-0.4, -0.2) is 45.4 Å². The number of H-pyrrole nitrogens is 1. The third-order valence-electron chi connectivity index (χ3n) is 5.34. The molecule has 1 aliphatic rings. The molecule has 28 heavy (non-hydrogen) atoms. The molecule has 2 amide bonds. The van der Waals surface area contributed by atoms with Crippen molar-refractivity contribution in [3.05, 3.63) is 35.8 Å². The van der Waals surface area contributed by atoms with Gasteiger partial charge in [0, 0.05) is 48.4 Å². The molecule has 1 aliphatic heterocycles. The summed E-state index contributed by atoms with van der Waals surface area (Å²) < 4.78 is 13.3. The molecule has 0 saturated carbocycles. The lowest BCUT2D eigenvalue weighted by Gasteiger charge is -2.29. The molecule has 7 nitrogen and oxygen atoms in total. The molecule has 0 unspecified atom stereocenters. The monoisotopic (exact) mass is 389 g/mol. The summed E-state index contributed by atoms with van der Waals surface area (Å²) in [6, 6.07) is 6.29. The summed E-state index contributed by atoms with van der Waals surface area (Å²) in [6.45, 7) is 0.351. The summed E-state index contributed by atoms with van der Waals surface area (Å²) in [7, 11) is 1.69. The van der Waals surface area contributed by atoms with Crippen LogP contribution >= 0.6 is 0 Å². The van der Waals surface area contributed by atoms with E-state index in [1.165, 1.54) is 12.1 Å². The first-order valence-corrected chi connectivity index (χ1v) is 9.30. The van der Waals surface area contributed by atoms with Crippen molar-refractivity contribution in [2.45, 2.75) is 50.6 Å². The number of rotatable bonds is 8. The molecule has 3 N–H and O–H groups in total. The van der Waals surface area contributed by atoms with Crippen molar-refractivity contribution in [2.24, 2.45) is 0 Å². The number of aromatic amines is 1. The van der Waals surface area contributed by atoms with Gasteiger partial charge in [-0.1, -0.05) is 0 Å². The molecule has 0 radical (unpaired) electrons. The lowest BCUT2D eigenvalue weighted by Crippen LogP contribution is -2.43. The number of amides is 2. The second-order valence-corrected chi connectivity index (χ2v) is 7.50. The van der Waals surface area contributed by atoms with Gasteiger partial charge in [-0.15, -0.1) is 0 Å². The molecule has 8 heteroatoms. The van der Waals surface area contributed by atoms with Crippen LogP contribution in [0.1, 0.15) is 44.2 Å². The second kappa shape index (κ2) is 8.00. The minimum atomic E-state index is -0.917. The van der Waals surface area contributed by atoms with Crippen molar-refractivity contribution in [3.8, 4) is 0 Å². The van der Waals surface area contributed by atoms with Crippen LogP contribution in [0.2, 0.25) is 0 Å². The van der Waals surface area contributed by atoms with Crippen molar-refractivity contribution in [1.82, 2.24) is 15.2 Å². The minimum Gasteiger partial charge on any atom is -0.481 e. The van der Waals surface area contributed by atoms with Crippen LogP contribution in [-0.2, 0) is 20.9 Å². The van der Waals surface area contributed by atoms with Gasteiger partial charge in [-0.3, -0.25) is 14.4 Å². The van der Waals surface area contributed by atoms with Crippen LogP contribution in [0.15, 0.2) is 24.3 Å². The molecule has 3 rings (SSSR count). The zero-order valence-corrected chi connectivity index (χ0v) is 15.8. The van der Waals surface area contributed by atoms with Gasteiger partial charge in [-0.2, -0.15) is 0 Å². The predicted molar refractivity (Wildman–Crippen MR) is 101 cm³/mol. The fourth-order valence-corrected chi connectivity index (χ4v) is 3.75. The second-order valence-electron chi connectivity index (χ2n) is 7.50. The van der Waals surface area contributed by atoms with Gasteiger partial charge >= 0.3 is 5.97 Å². The molecule has 1 fully saturated rings. The highest BCUT2D eigenvalue weighted by molar-refractivity contribution is 5.81. The summed E-state index contributed by atoms with van der Waals surface area (Å²) in [4.78, 5) is 39.9.